The Labute approximate surface area is 120 Å². The lowest BCUT2D eigenvalue weighted by Gasteiger charge is -2.22. The van der Waals surface area contributed by atoms with Gasteiger partial charge in [0.15, 0.2) is 0 Å². The average Bonchev–Trinajstić information content (AvgIpc) is 2.62. The van der Waals surface area contributed by atoms with E-state index in [4.69, 9.17) is 0 Å². The molecule has 1 saturated carbocycles. The molecule has 1 aromatic heterocycles. The zero-order valence-corrected chi connectivity index (χ0v) is 12.4. The molecule has 1 aliphatic carbocycles. The molecule has 1 amide bonds. The fourth-order valence-electron chi connectivity index (χ4n) is 3.47. The lowest BCUT2D eigenvalue weighted by atomic mass is 9.94. The molecule has 3 rings (SSSR count). The Kier molecular flexibility index (Phi) is 3.68. The Balaban J connectivity index is 1.96. The van der Waals surface area contributed by atoms with Crippen LogP contribution in [0.2, 0.25) is 0 Å². The van der Waals surface area contributed by atoms with Crippen LogP contribution < -0.4 is 10.6 Å². The van der Waals surface area contributed by atoms with Gasteiger partial charge >= 0.3 is 0 Å². The molecule has 0 spiro atoms. The number of anilines is 2. The Bertz CT molecular complexity index is 508. The first-order chi connectivity index (χ1) is 9.70. The van der Waals surface area contributed by atoms with Crippen LogP contribution in [0.3, 0.4) is 0 Å². The number of hydrogen-bond donors (Lipinski definition) is 2. The van der Waals surface area contributed by atoms with E-state index in [9.17, 15) is 4.79 Å². The van der Waals surface area contributed by atoms with Gasteiger partial charge in [0, 0.05) is 13.1 Å². The van der Waals surface area contributed by atoms with Crippen molar-refractivity contribution < 1.29 is 4.79 Å². The van der Waals surface area contributed by atoms with Gasteiger partial charge in [-0.2, -0.15) is 5.10 Å². The molecule has 1 aliphatic heterocycles. The van der Waals surface area contributed by atoms with Crippen molar-refractivity contribution in [3.8, 4) is 0 Å². The number of nitrogens with zero attached hydrogens (tertiary/aromatic N) is 2. The van der Waals surface area contributed by atoms with E-state index in [2.05, 4.69) is 22.7 Å². The third-order valence-electron chi connectivity index (χ3n) is 4.53. The number of carbonyl (C=O) groups is 1. The second kappa shape index (κ2) is 5.46. The predicted octanol–water partition coefficient (Wildman–Crippen LogP) is 2.69. The third kappa shape index (κ3) is 2.30. The number of rotatable bonds is 2. The number of hydrogen-bond acceptors (Lipinski definition) is 3. The van der Waals surface area contributed by atoms with Gasteiger partial charge in [0.2, 0.25) is 5.91 Å². The number of aromatic nitrogens is 2. The summed E-state index contributed by atoms with van der Waals surface area (Å²) in [4.78, 5) is 12.5. The molecule has 0 aromatic carbocycles. The summed E-state index contributed by atoms with van der Waals surface area (Å²) in [6.45, 7) is 2.14. The minimum Gasteiger partial charge on any atom is -0.365 e. The van der Waals surface area contributed by atoms with E-state index in [0.29, 0.717) is 0 Å². The highest BCUT2D eigenvalue weighted by Gasteiger charge is 2.35. The monoisotopic (exact) mass is 276 g/mol. The summed E-state index contributed by atoms with van der Waals surface area (Å²) in [6, 6.07) is 0.253. The minimum atomic E-state index is 0.0966. The summed E-state index contributed by atoms with van der Waals surface area (Å²) in [6.07, 6.45) is 7.61. The predicted molar refractivity (Wildman–Crippen MR) is 79.8 cm³/mol. The summed E-state index contributed by atoms with van der Waals surface area (Å²) in [5, 5.41) is 11.3. The molecule has 5 heteroatoms. The van der Waals surface area contributed by atoms with E-state index in [-0.39, 0.29) is 17.9 Å². The van der Waals surface area contributed by atoms with Crippen molar-refractivity contribution in [2.45, 2.75) is 57.9 Å². The van der Waals surface area contributed by atoms with Crippen molar-refractivity contribution in [2.75, 3.05) is 10.6 Å². The van der Waals surface area contributed by atoms with E-state index < -0.39 is 0 Å². The SMILES string of the molecule is CCCc1nn(C)c2c1NC(=O)C1CCCCCC1N2. The Morgan fingerprint density at radius 2 is 2.10 bits per heavy atom. The Morgan fingerprint density at radius 1 is 1.30 bits per heavy atom. The van der Waals surface area contributed by atoms with Gasteiger partial charge < -0.3 is 10.6 Å². The molecule has 1 fully saturated rings. The van der Waals surface area contributed by atoms with E-state index in [1.165, 1.54) is 12.8 Å². The zero-order valence-electron chi connectivity index (χ0n) is 12.4. The van der Waals surface area contributed by atoms with Crippen LogP contribution in [0.15, 0.2) is 0 Å². The summed E-state index contributed by atoms with van der Waals surface area (Å²) < 4.78 is 1.88. The van der Waals surface area contributed by atoms with Gasteiger partial charge in [-0.1, -0.05) is 32.6 Å². The van der Waals surface area contributed by atoms with Crippen LogP contribution in [-0.2, 0) is 18.3 Å². The van der Waals surface area contributed by atoms with E-state index in [0.717, 1.165) is 49.3 Å². The lowest BCUT2D eigenvalue weighted by Crippen LogP contribution is -2.34. The van der Waals surface area contributed by atoms with Crippen LogP contribution in [0, 0.1) is 5.92 Å². The van der Waals surface area contributed by atoms with Crippen LogP contribution >= 0.6 is 0 Å². The number of carbonyl (C=O) groups excluding carboxylic acids is 1. The molecule has 0 radical (unpaired) electrons. The smallest absolute Gasteiger partial charge is 0.229 e. The quantitative estimate of drug-likeness (QED) is 0.873. The maximum absolute atomic E-state index is 12.5. The summed E-state index contributed by atoms with van der Waals surface area (Å²) >= 11 is 0. The fraction of sp³-hybridized carbons (Fsp3) is 0.733. The number of amides is 1. The molecular weight excluding hydrogens is 252 g/mol. The third-order valence-corrected chi connectivity index (χ3v) is 4.53. The van der Waals surface area contributed by atoms with Gasteiger partial charge in [-0.05, 0) is 19.3 Å². The first kappa shape index (κ1) is 13.5. The standard InChI is InChI=1S/C15H24N4O/c1-3-7-12-13-14(19(2)18-12)16-11-9-6-4-5-8-10(11)15(20)17-13/h10-11,16H,3-9H2,1-2H3,(H,17,20). The first-order valence-electron chi connectivity index (χ1n) is 7.84. The highest BCUT2D eigenvalue weighted by molar-refractivity contribution is 5.98. The second-order valence-electron chi connectivity index (χ2n) is 6.03. The van der Waals surface area contributed by atoms with Crippen LogP contribution in [-0.4, -0.2) is 21.7 Å². The highest BCUT2D eigenvalue weighted by atomic mass is 16.2. The number of aryl methyl sites for hydroxylation is 2. The molecule has 20 heavy (non-hydrogen) atoms. The van der Waals surface area contributed by atoms with Crippen molar-refractivity contribution >= 4 is 17.4 Å². The van der Waals surface area contributed by atoms with Crippen LogP contribution in [0.1, 0.15) is 51.1 Å². The van der Waals surface area contributed by atoms with Gasteiger partial charge in [0.05, 0.1) is 11.6 Å². The molecule has 5 nitrogen and oxygen atoms in total. The maximum Gasteiger partial charge on any atom is 0.229 e. The molecule has 2 heterocycles. The van der Waals surface area contributed by atoms with Crippen molar-refractivity contribution in [2.24, 2.45) is 13.0 Å². The second-order valence-corrected chi connectivity index (χ2v) is 6.03. The highest BCUT2D eigenvalue weighted by Crippen LogP contribution is 2.35. The summed E-state index contributed by atoms with van der Waals surface area (Å²) in [7, 11) is 1.95. The first-order valence-corrected chi connectivity index (χ1v) is 7.84. The van der Waals surface area contributed by atoms with Gasteiger partial charge in [-0.15, -0.1) is 0 Å². The molecule has 0 saturated heterocycles. The van der Waals surface area contributed by atoms with Gasteiger partial charge in [-0.25, -0.2) is 0 Å². The van der Waals surface area contributed by atoms with Gasteiger partial charge in [0.1, 0.15) is 11.5 Å². The molecule has 1 aromatic rings. The Morgan fingerprint density at radius 3 is 2.90 bits per heavy atom. The van der Waals surface area contributed by atoms with Crippen molar-refractivity contribution in [3.05, 3.63) is 5.69 Å². The van der Waals surface area contributed by atoms with Gasteiger partial charge in [-0.3, -0.25) is 9.48 Å². The molecule has 0 bridgehead atoms. The van der Waals surface area contributed by atoms with E-state index >= 15 is 0 Å². The van der Waals surface area contributed by atoms with Gasteiger partial charge in [0.25, 0.3) is 0 Å². The summed E-state index contributed by atoms with van der Waals surface area (Å²) in [5.74, 6) is 1.25. The average molecular weight is 276 g/mol. The topological polar surface area (TPSA) is 59.0 Å². The molecule has 2 N–H and O–H groups in total. The van der Waals surface area contributed by atoms with Crippen molar-refractivity contribution in [1.82, 2.24) is 9.78 Å². The normalized spacial score (nSPS) is 25.8. The largest absolute Gasteiger partial charge is 0.365 e. The van der Waals surface area contributed by atoms with E-state index in [1.807, 2.05) is 11.7 Å². The molecule has 2 atom stereocenters. The van der Waals surface area contributed by atoms with Crippen molar-refractivity contribution in [1.29, 1.82) is 0 Å². The zero-order chi connectivity index (χ0) is 14.1. The van der Waals surface area contributed by atoms with E-state index in [1.54, 1.807) is 0 Å². The minimum absolute atomic E-state index is 0.0966. The van der Waals surface area contributed by atoms with Crippen molar-refractivity contribution in [3.63, 3.8) is 0 Å². The molecular formula is C15H24N4O. The number of fused-ring (bicyclic) bond motifs is 2. The van der Waals surface area contributed by atoms with Crippen LogP contribution in [0.25, 0.3) is 0 Å². The maximum atomic E-state index is 12.5. The summed E-state index contributed by atoms with van der Waals surface area (Å²) in [5.41, 5.74) is 1.91. The fourth-order valence-corrected chi connectivity index (χ4v) is 3.47. The molecule has 2 unspecified atom stereocenters. The lowest BCUT2D eigenvalue weighted by molar-refractivity contribution is -0.120. The molecule has 110 valence electrons. The Hall–Kier alpha value is -1.52. The number of nitrogens with one attached hydrogen (secondary N) is 2. The van der Waals surface area contributed by atoms with Crippen LogP contribution in [0.4, 0.5) is 11.5 Å². The molecule has 2 aliphatic rings. The van der Waals surface area contributed by atoms with Crippen LogP contribution in [0.5, 0.6) is 0 Å².